The van der Waals surface area contributed by atoms with E-state index >= 15 is 0 Å². The van der Waals surface area contributed by atoms with Gasteiger partial charge in [0.1, 0.15) is 5.75 Å². The molecule has 0 unspecified atom stereocenters. The molecule has 2 amide bonds. The number of benzene rings is 3. The quantitative estimate of drug-likeness (QED) is 0.474. The van der Waals surface area contributed by atoms with Crippen molar-refractivity contribution in [1.29, 1.82) is 0 Å². The molecule has 0 aromatic heterocycles. The van der Waals surface area contributed by atoms with E-state index < -0.39 is 0 Å². The minimum atomic E-state index is 0.0234. The van der Waals surface area contributed by atoms with Crippen molar-refractivity contribution >= 4 is 11.8 Å². The number of carbonyl (C=O) groups is 2. The number of carbonyl (C=O) groups excluding carboxylic acids is 2. The topological polar surface area (TPSA) is 49.9 Å². The van der Waals surface area contributed by atoms with Crippen LogP contribution in [0.25, 0.3) is 11.1 Å². The van der Waals surface area contributed by atoms with Gasteiger partial charge in [0.2, 0.25) is 5.91 Å². The molecule has 2 fully saturated rings. The fraction of sp³-hybridized carbons (Fsp3) is 0.355. The maximum atomic E-state index is 13.2. The van der Waals surface area contributed by atoms with Crippen LogP contribution in [0.3, 0.4) is 0 Å². The Morgan fingerprint density at radius 1 is 0.722 bits per heavy atom. The molecule has 2 aliphatic heterocycles. The first-order chi connectivity index (χ1) is 17.6. The van der Waals surface area contributed by atoms with Crippen LogP contribution in [0.1, 0.15) is 47.5 Å². The fourth-order valence-corrected chi connectivity index (χ4v) is 5.60. The molecule has 3 aromatic carbocycles. The van der Waals surface area contributed by atoms with E-state index in [0.29, 0.717) is 24.6 Å². The Morgan fingerprint density at radius 3 is 2.00 bits per heavy atom. The van der Waals surface area contributed by atoms with E-state index in [1.807, 2.05) is 53.4 Å². The molecule has 5 nitrogen and oxygen atoms in total. The second-order valence-corrected chi connectivity index (χ2v) is 9.85. The third-order valence-corrected chi connectivity index (χ3v) is 7.76. The number of piperidine rings is 2. The molecular weight excluding hydrogens is 448 g/mol. The van der Waals surface area contributed by atoms with E-state index in [1.165, 1.54) is 5.56 Å². The summed E-state index contributed by atoms with van der Waals surface area (Å²) in [5, 5.41) is 0. The zero-order chi connectivity index (χ0) is 24.9. The van der Waals surface area contributed by atoms with Gasteiger partial charge in [-0.15, -0.1) is 0 Å². The standard InChI is InChI=1S/C31H34N2O3/c1-36-29-10-6-5-9-28(29)25-11-13-26(14-12-25)30(34)33-21-17-27(18-22-33)31(35)32-19-15-24(16-20-32)23-7-3-2-4-8-23/h2-14,24,27H,15-22H2,1H3. The second kappa shape index (κ2) is 11.0. The summed E-state index contributed by atoms with van der Waals surface area (Å²) in [6.45, 7) is 2.92. The van der Waals surface area contributed by atoms with Crippen LogP contribution in [0.4, 0.5) is 0 Å². The highest BCUT2D eigenvalue weighted by molar-refractivity contribution is 5.95. The molecule has 5 rings (SSSR count). The number of hydrogen-bond donors (Lipinski definition) is 0. The van der Waals surface area contributed by atoms with Crippen molar-refractivity contribution in [3.63, 3.8) is 0 Å². The van der Waals surface area contributed by atoms with Gasteiger partial charge in [-0.1, -0.05) is 60.7 Å². The van der Waals surface area contributed by atoms with Crippen molar-refractivity contribution in [2.75, 3.05) is 33.3 Å². The van der Waals surface area contributed by atoms with Gasteiger partial charge in [-0.3, -0.25) is 9.59 Å². The summed E-state index contributed by atoms with van der Waals surface area (Å²) in [5.41, 5.74) is 4.09. The minimum absolute atomic E-state index is 0.0234. The van der Waals surface area contributed by atoms with Gasteiger partial charge in [0, 0.05) is 43.2 Å². The minimum Gasteiger partial charge on any atom is -0.496 e. The molecule has 0 aliphatic carbocycles. The maximum absolute atomic E-state index is 13.2. The van der Waals surface area contributed by atoms with E-state index in [-0.39, 0.29) is 17.7 Å². The van der Waals surface area contributed by atoms with Gasteiger partial charge in [0.15, 0.2) is 0 Å². The Balaban J connectivity index is 1.13. The highest BCUT2D eigenvalue weighted by Crippen LogP contribution is 2.31. The van der Waals surface area contributed by atoms with Crippen LogP contribution in [0.15, 0.2) is 78.9 Å². The molecule has 0 radical (unpaired) electrons. The van der Waals surface area contributed by atoms with Gasteiger partial charge in [-0.05, 0) is 60.9 Å². The normalized spacial score (nSPS) is 17.1. The van der Waals surface area contributed by atoms with Gasteiger partial charge in [0.05, 0.1) is 7.11 Å². The van der Waals surface area contributed by atoms with Crippen LogP contribution in [-0.2, 0) is 4.79 Å². The van der Waals surface area contributed by atoms with E-state index in [4.69, 9.17) is 4.74 Å². The Labute approximate surface area is 213 Å². The lowest BCUT2D eigenvalue weighted by atomic mass is 9.88. The lowest BCUT2D eigenvalue weighted by Gasteiger charge is -2.37. The smallest absolute Gasteiger partial charge is 0.253 e. The molecule has 2 aliphatic rings. The highest BCUT2D eigenvalue weighted by atomic mass is 16.5. The summed E-state index contributed by atoms with van der Waals surface area (Å²) in [6.07, 6.45) is 3.53. The largest absolute Gasteiger partial charge is 0.496 e. The summed E-state index contributed by atoms with van der Waals surface area (Å²) in [7, 11) is 1.66. The van der Waals surface area contributed by atoms with Gasteiger partial charge < -0.3 is 14.5 Å². The second-order valence-electron chi connectivity index (χ2n) is 9.85. The Bertz CT molecular complexity index is 1180. The number of methoxy groups -OCH3 is 1. The number of amides is 2. The Morgan fingerprint density at radius 2 is 1.33 bits per heavy atom. The number of nitrogens with zero attached hydrogens (tertiary/aromatic N) is 2. The van der Waals surface area contributed by atoms with Gasteiger partial charge >= 0.3 is 0 Å². The van der Waals surface area contributed by atoms with E-state index in [9.17, 15) is 9.59 Å². The predicted molar refractivity (Wildman–Crippen MR) is 142 cm³/mol. The number of para-hydroxylation sites is 1. The molecule has 36 heavy (non-hydrogen) atoms. The van der Waals surface area contributed by atoms with Gasteiger partial charge in [-0.2, -0.15) is 0 Å². The van der Waals surface area contributed by atoms with Crippen LogP contribution in [-0.4, -0.2) is 54.9 Å². The highest BCUT2D eigenvalue weighted by Gasteiger charge is 2.32. The number of likely N-dealkylation sites (tertiary alicyclic amines) is 2. The van der Waals surface area contributed by atoms with Crippen LogP contribution in [0.5, 0.6) is 5.75 Å². The molecule has 2 saturated heterocycles. The predicted octanol–water partition coefficient (Wildman–Crippen LogP) is 5.62. The van der Waals surface area contributed by atoms with E-state index in [2.05, 4.69) is 35.2 Å². The monoisotopic (exact) mass is 482 g/mol. The molecule has 0 bridgehead atoms. The summed E-state index contributed by atoms with van der Waals surface area (Å²) < 4.78 is 5.47. The molecule has 5 heteroatoms. The van der Waals surface area contributed by atoms with Crippen LogP contribution >= 0.6 is 0 Å². The first kappa shape index (κ1) is 24.1. The first-order valence-corrected chi connectivity index (χ1v) is 13.0. The number of ether oxygens (including phenoxy) is 1. The van der Waals surface area contributed by atoms with Crippen LogP contribution in [0.2, 0.25) is 0 Å². The third-order valence-electron chi connectivity index (χ3n) is 7.76. The summed E-state index contributed by atoms with van der Waals surface area (Å²) in [6, 6.07) is 26.2. The fourth-order valence-electron chi connectivity index (χ4n) is 5.60. The number of rotatable bonds is 5. The molecule has 0 N–H and O–H groups in total. The van der Waals surface area contributed by atoms with Crippen molar-refractivity contribution < 1.29 is 14.3 Å². The van der Waals surface area contributed by atoms with Crippen LogP contribution in [0, 0.1) is 5.92 Å². The average molecular weight is 483 g/mol. The van der Waals surface area contributed by atoms with Gasteiger partial charge in [-0.25, -0.2) is 0 Å². The number of hydrogen-bond acceptors (Lipinski definition) is 3. The van der Waals surface area contributed by atoms with Crippen molar-refractivity contribution in [2.24, 2.45) is 5.92 Å². The van der Waals surface area contributed by atoms with Crippen molar-refractivity contribution in [1.82, 2.24) is 9.80 Å². The molecule has 0 atom stereocenters. The molecule has 0 saturated carbocycles. The van der Waals surface area contributed by atoms with Crippen molar-refractivity contribution in [3.8, 4) is 16.9 Å². The zero-order valence-corrected chi connectivity index (χ0v) is 20.9. The molecule has 0 spiro atoms. The first-order valence-electron chi connectivity index (χ1n) is 13.0. The molecule has 2 heterocycles. The van der Waals surface area contributed by atoms with Crippen LogP contribution < -0.4 is 4.74 Å². The molecule has 3 aromatic rings. The third kappa shape index (κ3) is 5.15. The molecule has 186 valence electrons. The Hall–Kier alpha value is -3.60. The lowest BCUT2D eigenvalue weighted by molar-refractivity contribution is -0.138. The lowest BCUT2D eigenvalue weighted by Crippen LogP contribution is -2.46. The summed E-state index contributed by atoms with van der Waals surface area (Å²) in [5.74, 6) is 1.69. The Kier molecular flexibility index (Phi) is 7.36. The summed E-state index contributed by atoms with van der Waals surface area (Å²) >= 11 is 0. The maximum Gasteiger partial charge on any atom is 0.253 e. The summed E-state index contributed by atoms with van der Waals surface area (Å²) in [4.78, 5) is 30.3. The average Bonchev–Trinajstić information content (AvgIpc) is 2.97. The van der Waals surface area contributed by atoms with E-state index in [1.54, 1.807) is 7.11 Å². The van der Waals surface area contributed by atoms with Crippen molar-refractivity contribution in [3.05, 3.63) is 90.0 Å². The van der Waals surface area contributed by atoms with Crippen molar-refractivity contribution in [2.45, 2.75) is 31.6 Å². The van der Waals surface area contributed by atoms with Gasteiger partial charge in [0.25, 0.3) is 5.91 Å². The zero-order valence-electron chi connectivity index (χ0n) is 20.9. The SMILES string of the molecule is COc1ccccc1-c1ccc(C(=O)N2CCC(C(=O)N3CCC(c4ccccc4)CC3)CC2)cc1. The van der Waals surface area contributed by atoms with E-state index in [0.717, 1.165) is 55.6 Å². The molecular formula is C31H34N2O3.